The summed E-state index contributed by atoms with van der Waals surface area (Å²) in [6.45, 7) is 2.02. The second kappa shape index (κ2) is 6.52. The summed E-state index contributed by atoms with van der Waals surface area (Å²) in [7, 11) is 1.66. The maximum absolute atomic E-state index is 9.56. The van der Waals surface area contributed by atoms with Crippen molar-refractivity contribution in [3.05, 3.63) is 30.0 Å². The third kappa shape index (κ3) is 2.91. The fraction of sp³-hybridized carbons (Fsp3) is 0.474. The summed E-state index contributed by atoms with van der Waals surface area (Å²) in [5, 5.41) is 12.3. The summed E-state index contributed by atoms with van der Waals surface area (Å²) in [4.78, 5) is 6.83. The van der Waals surface area contributed by atoms with Gasteiger partial charge in [0.1, 0.15) is 17.3 Å². The van der Waals surface area contributed by atoms with E-state index in [1.165, 1.54) is 25.7 Å². The lowest BCUT2D eigenvalue weighted by atomic mass is 10.0. The van der Waals surface area contributed by atoms with Crippen LogP contribution in [0.25, 0.3) is 10.9 Å². The standard InChI is InChI=1S/C19H21N3OS/c1-23-17-4-2-3-16-18(17)21-12-13(11-20)19(16)22-9-7-15(8-10-22)24-14-5-6-14/h2-4,12,14-15H,5-10H2,1H3. The van der Waals surface area contributed by atoms with Gasteiger partial charge >= 0.3 is 0 Å². The maximum Gasteiger partial charge on any atom is 0.145 e. The van der Waals surface area contributed by atoms with Crippen molar-refractivity contribution in [2.45, 2.75) is 36.2 Å². The molecule has 1 aliphatic heterocycles. The Balaban J connectivity index is 1.66. The van der Waals surface area contributed by atoms with Gasteiger partial charge in [-0.05, 0) is 31.7 Å². The van der Waals surface area contributed by atoms with Gasteiger partial charge in [-0.3, -0.25) is 4.98 Å². The highest BCUT2D eigenvalue weighted by Gasteiger charge is 2.29. The van der Waals surface area contributed by atoms with Crippen LogP contribution in [0.1, 0.15) is 31.2 Å². The van der Waals surface area contributed by atoms with Gasteiger partial charge in [-0.2, -0.15) is 17.0 Å². The number of hydrogen-bond acceptors (Lipinski definition) is 5. The number of para-hydroxylation sites is 1. The highest BCUT2D eigenvalue weighted by Crippen LogP contribution is 2.41. The molecule has 1 saturated carbocycles. The molecule has 24 heavy (non-hydrogen) atoms. The van der Waals surface area contributed by atoms with Gasteiger partial charge in [0.15, 0.2) is 0 Å². The highest BCUT2D eigenvalue weighted by atomic mass is 32.2. The van der Waals surface area contributed by atoms with Crippen LogP contribution in [0.2, 0.25) is 0 Å². The molecule has 5 heteroatoms. The fourth-order valence-electron chi connectivity index (χ4n) is 3.46. The van der Waals surface area contributed by atoms with E-state index in [-0.39, 0.29) is 0 Å². The van der Waals surface area contributed by atoms with E-state index in [4.69, 9.17) is 4.74 Å². The van der Waals surface area contributed by atoms with Crippen LogP contribution in [0.4, 0.5) is 5.69 Å². The number of pyridine rings is 1. The first-order chi connectivity index (χ1) is 11.8. The van der Waals surface area contributed by atoms with Gasteiger partial charge in [0.05, 0.1) is 18.4 Å². The minimum Gasteiger partial charge on any atom is -0.494 e. The van der Waals surface area contributed by atoms with Crippen molar-refractivity contribution in [1.29, 1.82) is 5.26 Å². The second-order valence-corrected chi connectivity index (χ2v) is 8.12. The molecule has 0 spiro atoms. The van der Waals surface area contributed by atoms with Gasteiger partial charge in [-0.1, -0.05) is 12.1 Å². The molecule has 2 aromatic rings. The van der Waals surface area contributed by atoms with Crippen molar-refractivity contribution < 1.29 is 4.74 Å². The Morgan fingerprint density at radius 2 is 1.96 bits per heavy atom. The number of rotatable bonds is 4. The number of hydrogen-bond donors (Lipinski definition) is 0. The average Bonchev–Trinajstić information content (AvgIpc) is 3.45. The average molecular weight is 339 g/mol. The van der Waals surface area contributed by atoms with Crippen molar-refractivity contribution in [2.24, 2.45) is 0 Å². The number of benzene rings is 1. The van der Waals surface area contributed by atoms with Crippen LogP contribution in [-0.4, -0.2) is 35.7 Å². The molecule has 4 rings (SSSR count). The van der Waals surface area contributed by atoms with Gasteiger partial charge < -0.3 is 9.64 Å². The molecule has 0 N–H and O–H groups in total. The highest BCUT2D eigenvalue weighted by molar-refractivity contribution is 8.00. The summed E-state index contributed by atoms with van der Waals surface area (Å²) in [5.74, 6) is 0.761. The molecular weight excluding hydrogens is 318 g/mol. The van der Waals surface area contributed by atoms with E-state index in [0.717, 1.165) is 45.9 Å². The molecule has 2 fully saturated rings. The predicted molar refractivity (Wildman–Crippen MR) is 98.9 cm³/mol. The molecule has 1 aromatic carbocycles. The minimum absolute atomic E-state index is 0.657. The van der Waals surface area contributed by atoms with Gasteiger partial charge in [0.25, 0.3) is 0 Å². The van der Waals surface area contributed by atoms with Crippen LogP contribution in [0.15, 0.2) is 24.4 Å². The van der Waals surface area contributed by atoms with E-state index < -0.39 is 0 Å². The van der Waals surface area contributed by atoms with Crippen molar-refractivity contribution in [1.82, 2.24) is 4.98 Å². The monoisotopic (exact) mass is 339 g/mol. The Labute approximate surface area is 146 Å². The van der Waals surface area contributed by atoms with Gasteiger partial charge in [-0.15, -0.1) is 0 Å². The first-order valence-corrected chi connectivity index (χ1v) is 9.50. The van der Waals surface area contributed by atoms with Gasteiger partial charge in [0, 0.05) is 35.2 Å². The number of ether oxygens (including phenoxy) is 1. The van der Waals surface area contributed by atoms with E-state index >= 15 is 0 Å². The zero-order chi connectivity index (χ0) is 16.5. The van der Waals surface area contributed by atoms with Crippen molar-refractivity contribution in [2.75, 3.05) is 25.1 Å². The fourth-order valence-corrected chi connectivity index (χ4v) is 4.90. The second-order valence-electron chi connectivity index (χ2n) is 6.51. The largest absolute Gasteiger partial charge is 0.494 e. The third-order valence-corrected chi connectivity index (χ3v) is 6.55. The lowest BCUT2D eigenvalue weighted by Crippen LogP contribution is -2.35. The Kier molecular flexibility index (Phi) is 4.24. The zero-order valence-corrected chi connectivity index (χ0v) is 14.7. The molecule has 1 aliphatic carbocycles. The summed E-state index contributed by atoms with van der Waals surface area (Å²) in [5.41, 5.74) is 2.52. The minimum atomic E-state index is 0.657. The Morgan fingerprint density at radius 1 is 1.21 bits per heavy atom. The van der Waals surface area contributed by atoms with Crippen LogP contribution < -0.4 is 9.64 Å². The third-order valence-electron chi connectivity index (χ3n) is 4.84. The van der Waals surface area contributed by atoms with E-state index in [1.54, 1.807) is 13.3 Å². The molecule has 124 valence electrons. The van der Waals surface area contributed by atoms with E-state index in [2.05, 4.69) is 27.7 Å². The molecule has 0 atom stereocenters. The van der Waals surface area contributed by atoms with Crippen LogP contribution in [0.5, 0.6) is 5.75 Å². The molecule has 0 unspecified atom stereocenters. The Morgan fingerprint density at radius 3 is 2.62 bits per heavy atom. The molecule has 0 bridgehead atoms. The summed E-state index contributed by atoms with van der Waals surface area (Å²) >= 11 is 2.18. The number of nitrogens with zero attached hydrogens (tertiary/aromatic N) is 3. The van der Waals surface area contributed by atoms with Crippen LogP contribution >= 0.6 is 11.8 Å². The number of anilines is 1. The number of piperidine rings is 1. The lowest BCUT2D eigenvalue weighted by molar-refractivity contribution is 0.419. The molecule has 0 amide bonds. The molecule has 0 radical (unpaired) electrons. The summed E-state index contributed by atoms with van der Waals surface area (Å²) in [6, 6.07) is 8.27. The van der Waals surface area contributed by atoms with Crippen LogP contribution in [-0.2, 0) is 0 Å². The molecule has 2 heterocycles. The lowest BCUT2D eigenvalue weighted by Gasteiger charge is -2.34. The van der Waals surface area contributed by atoms with Gasteiger partial charge in [-0.25, -0.2) is 0 Å². The Hall–Kier alpha value is -1.93. The smallest absolute Gasteiger partial charge is 0.145 e. The first-order valence-electron chi connectivity index (χ1n) is 8.56. The van der Waals surface area contributed by atoms with Crippen molar-refractivity contribution in [3.8, 4) is 11.8 Å². The number of nitriles is 1. The molecule has 2 aliphatic rings. The normalized spacial score (nSPS) is 18.6. The number of aromatic nitrogens is 1. The van der Waals surface area contributed by atoms with Gasteiger partial charge in [0.2, 0.25) is 0 Å². The molecule has 1 saturated heterocycles. The number of thioether (sulfide) groups is 1. The van der Waals surface area contributed by atoms with E-state index in [1.807, 2.05) is 18.2 Å². The maximum atomic E-state index is 9.56. The predicted octanol–water partition coefficient (Wildman–Crippen LogP) is 3.98. The number of methoxy groups -OCH3 is 1. The molecular formula is C19H21N3OS. The van der Waals surface area contributed by atoms with E-state index in [9.17, 15) is 5.26 Å². The van der Waals surface area contributed by atoms with Crippen molar-refractivity contribution >= 4 is 28.4 Å². The van der Waals surface area contributed by atoms with Crippen LogP contribution in [0.3, 0.4) is 0 Å². The SMILES string of the molecule is COc1cccc2c(N3CCC(SC4CC4)CC3)c(C#N)cnc12. The summed E-state index contributed by atoms with van der Waals surface area (Å²) < 4.78 is 5.44. The topological polar surface area (TPSA) is 49.1 Å². The Bertz CT molecular complexity index is 789. The molecule has 1 aromatic heterocycles. The summed E-state index contributed by atoms with van der Waals surface area (Å²) in [6.07, 6.45) is 6.88. The zero-order valence-electron chi connectivity index (χ0n) is 13.9. The quantitative estimate of drug-likeness (QED) is 0.843. The van der Waals surface area contributed by atoms with Crippen molar-refractivity contribution in [3.63, 3.8) is 0 Å². The molecule has 4 nitrogen and oxygen atoms in total. The first kappa shape index (κ1) is 15.6. The van der Waals surface area contributed by atoms with Crippen LogP contribution in [0, 0.1) is 11.3 Å². The van der Waals surface area contributed by atoms with E-state index in [0.29, 0.717) is 5.56 Å². The number of fused-ring (bicyclic) bond motifs is 1.